The number of rotatable bonds is 3. The lowest BCUT2D eigenvalue weighted by molar-refractivity contribution is 0.0829. The van der Waals surface area contributed by atoms with Crippen LogP contribution in [-0.2, 0) is 13.5 Å². The molecule has 2 rings (SSSR count). The lowest BCUT2D eigenvalue weighted by atomic mass is 10.0. The smallest absolute Gasteiger partial charge is 0.257 e. The van der Waals surface area contributed by atoms with Crippen molar-refractivity contribution in [1.29, 1.82) is 0 Å². The van der Waals surface area contributed by atoms with Gasteiger partial charge in [0.25, 0.3) is 5.91 Å². The minimum absolute atomic E-state index is 0.0833. The molecule has 0 unspecified atom stereocenters. The molecule has 1 aromatic heterocycles. The number of aromatic nitrogens is 1. The van der Waals surface area contributed by atoms with Crippen molar-refractivity contribution in [2.75, 3.05) is 20.6 Å². The maximum Gasteiger partial charge on any atom is 0.257 e. The van der Waals surface area contributed by atoms with Crippen LogP contribution in [0, 0.1) is 0 Å². The van der Waals surface area contributed by atoms with Gasteiger partial charge in [-0.05, 0) is 24.6 Å². The summed E-state index contributed by atoms with van der Waals surface area (Å²) in [6.45, 7) is 0.543. The molecule has 1 amide bonds. The molecule has 4 nitrogen and oxygen atoms in total. The summed E-state index contributed by atoms with van der Waals surface area (Å²) in [6, 6.07) is 5.93. The van der Waals surface area contributed by atoms with E-state index in [1.54, 1.807) is 19.0 Å². The fourth-order valence-corrected chi connectivity index (χ4v) is 2.58. The van der Waals surface area contributed by atoms with Gasteiger partial charge in [0.05, 0.1) is 11.1 Å². The van der Waals surface area contributed by atoms with E-state index in [2.05, 4.69) is 0 Å². The molecule has 0 atom stereocenters. The standard InChI is InChI=1S/C14H18ClN3O/c1-17(2)14(19)12-11-9(7-8-16)5-4-6-10(11)18(3)13(12)15/h4-6H,7-8,16H2,1-3H3. The maximum atomic E-state index is 12.3. The molecule has 2 aromatic rings. The Hall–Kier alpha value is -1.52. The molecule has 0 fully saturated rings. The van der Waals surface area contributed by atoms with Gasteiger partial charge < -0.3 is 15.2 Å². The maximum absolute atomic E-state index is 12.3. The molecular weight excluding hydrogens is 262 g/mol. The second-order valence-corrected chi connectivity index (χ2v) is 5.13. The first-order valence-electron chi connectivity index (χ1n) is 6.16. The molecule has 0 spiro atoms. The van der Waals surface area contributed by atoms with Crippen molar-refractivity contribution in [3.63, 3.8) is 0 Å². The Kier molecular flexibility index (Phi) is 3.83. The van der Waals surface area contributed by atoms with E-state index in [0.29, 0.717) is 17.3 Å². The van der Waals surface area contributed by atoms with Crippen molar-refractivity contribution in [2.24, 2.45) is 12.8 Å². The molecule has 0 aliphatic carbocycles. The first-order chi connectivity index (χ1) is 8.99. The fraction of sp³-hybridized carbons (Fsp3) is 0.357. The molecule has 5 heteroatoms. The molecule has 0 aliphatic rings. The van der Waals surface area contributed by atoms with E-state index in [1.807, 2.05) is 29.8 Å². The van der Waals surface area contributed by atoms with Gasteiger partial charge in [0, 0.05) is 26.5 Å². The Bertz CT molecular complexity index is 631. The monoisotopic (exact) mass is 279 g/mol. The van der Waals surface area contributed by atoms with Gasteiger partial charge in [-0.15, -0.1) is 0 Å². The zero-order valence-electron chi connectivity index (χ0n) is 11.4. The average molecular weight is 280 g/mol. The van der Waals surface area contributed by atoms with Gasteiger partial charge in [-0.3, -0.25) is 4.79 Å². The van der Waals surface area contributed by atoms with Crippen LogP contribution in [0.1, 0.15) is 15.9 Å². The normalized spacial score (nSPS) is 11.0. The highest BCUT2D eigenvalue weighted by Crippen LogP contribution is 2.32. The molecule has 0 saturated heterocycles. The van der Waals surface area contributed by atoms with E-state index in [4.69, 9.17) is 17.3 Å². The van der Waals surface area contributed by atoms with Crippen LogP contribution >= 0.6 is 11.6 Å². The lowest BCUT2D eigenvalue weighted by Crippen LogP contribution is -2.22. The van der Waals surface area contributed by atoms with E-state index in [1.165, 1.54) is 0 Å². The molecular formula is C14H18ClN3O. The van der Waals surface area contributed by atoms with E-state index in [9.17, 15) is 4.79 Å². The van der Waals surface area contributed by atoms with Crippen molar-refractivity contribution in [2.45, 2.75) is 6.42 Å². The molecule has 0 saturated carbocycles. The minimum atomic E-state index is -0.0833. The number of amides is 1. The van der Waals surface area contributed by atoms with E-state index < -0.39 is 0 Å². The van der Waals surface area contributed by atoms with Crippen LogP contribution in [0.5, 0.6) is 0 Å². The summed E-state index contributed by atoms with van der Waals surface area (Å²) < 4.78 is 1.84. The minimum Gasteiger partial charge on any atom is -0.345 e. The Labute approximate surface area is 117 Å². The van der Waals surface area contributed by atoms with Crippen LogP contribution in [0.25, 0.3) is 10.9 Å². The Balaban J connectivity index is 2.81. The summed E-state index contributed by atoms with van der Waals surface area (Å²) in [7, 11) is 5.31. The van der Waals surface area contributed by atoms with Gasteiger partial charge in [-0.25, -0.2) is 0 Å². The van der Waals surface area contributed by atoms with Crippen LogP contribution in [-0.4, -0.2) is 36.0 Å². The van der Waals surface area contributed by atoms with Crippen LogP contribution in [0.15, 0.2) is 18.2 Å². The van der Waals surface area contributed by atoms with Gasteiger partial charge >= 0.3 is 0 Å². The number of carbonyl (C=O) groups excluding carboxylic acids is 1. The largest absolute Gasteiger partial charge is 0.345 e. The number of aryl methyl sites for hydroxylation is 1. The quantitative estimate of drug-likeness (QED) is 0.935. The highest BCUT2D eigenvalue weighted by atomic mass is 35.5. The molecule has 19 heavy (non-hydrogen) atoms. The van der Waals surface area contributed by atoms with E-state index >= 15 is 0 Å². The van der Waals surface area contributed by atoms with Crippen LogP contribution in [0.3, 0.4) is 0 Å². The van der Waals surface area contributed by atoms with Gasteiger partial charge in [-0.1, -0.05) is 23.7 Å². The Morgan fingerprint density at radius 2 is 2.11 bits per heavy atom. The third-order valence-electron chi connectivity index (χ3n) is 3.27. The number of fused-ring (bicyclic) bond motifs is 1. The zero-order valence-corrected chi connectivity index (χ0v) is 12.2. The number of benzene rings is 1. The molecule has 102 valence electrons. The topological polar surface area (TPSA) is 51.3 Å². The summed E-state index contributed by atoms with van der Waals surface area (Å²) in [5.41, 5.74) is 8.23. The molecule has 2 N–H and O–H groups in total. The summed E-state index contributed by atoms with van der Waals surface area (Å²) in [4.78, 5) is 13.9. The summed E-state index contributed by atoms with van der Waals surface area (Å²) in [5.74, 6) is -0.0833. The van der Waals surface area contributed by atoms with Crippen molar-refractivity contribution < 1.29 is 4.79 Å². The Morgan fingerprint density at radius 1 is 1.42 bits per heavy atom. The SMILES string of the molecule is CN(C)C(=O)c1c(Cl)n(C)c2cccc(CCN)c12. The van der Waals surface area contributed by atoms with Gasteiger partial charge in [-0.2, -0.15) is 0 Å². The van der Waals surface area contributed by atoms with Gasteiger partial charge in [0.15, 0.2) is 0 Å². The highest BCUT2D eigenvalue weighted by molar-refractivity contribution is 6.35. The number of carbonyl (C=O) groups is 1. The number of halogens is 1. The van der Waals surface area contributed by atoms with Crippen molar-refractivity contribution in [1.82, 2.24) is 9.47 Å². The predicted octanol–water partition coefficient (Wildman–Crippen LogP) is 2.03. The molecule has 1 heterocycles. The lowest BCUT2D eigenvalue weighted by Gasteiger charge is -2.11. The fourth-order valence-electron chi connectivity index (χ4n) is 2.31. The second-order valence-electron chi connectivity index (χ2n) is 4.77. The first kappa shape index (κ1) is 13.9. The summed E-state index contributed by atoms with van der Waals surface area (Å²) in [6.07, 6.45) is 0.728. The zero-order chi connectivity index (χ0) is 14.2. The molecule has 0 bridgehead atoms. The number of nitrogens with two attached hydrogens (primary N) is 1. The van der Waals surface area contributed by atoms with E-state index in [0.717, 1.165) is 22.9 Å². The van der Waals surface area contributed by atoms with Crippen molar-refractivity contribution >= 4 is 28.4 Å². The molecule has 1 aromatic carbocycles. The molecule has 0 radical (unpaired) electrons. The summed E-state index contributed by atoms with van der Waals surface area (Å²) >= 11 is 6.33. The highest BCUT2D eigenvalue weighted by Gasteiger charge is 2.23. The van der Waals surface area contributed by atoms with Crippen LogP contribution < -0.4 is 5.73 Å². The second kappa shape index (κ2) is 5.23. The average Bonchev–Trinajstić information content (AvgIpc) is 2.63. The third kappa shape index (κ3) is 2.22. The van der Waals surface area contributed by atoms with Gasteiger partial charge in [0.2, 0.25) is 0 Å². The predicted molar refractivity (Wildman–Crippen MR) is 78.7 cm³/mol. The summed E-state index contributed by atoms with van der Waals surface area (Å²) in [5, 5.41) is 1.39. The third-order valence-corrected chi connectivity index (χ3v) is 3.72. The first-order valence-corrected chi connectivity index (χ1v) is 6.54. The van der Waals surface area contributed by atoms with Gasteiger partial charge in [0.1, 0.15) is 5.15 Å². The number of hydrogen-bond donors (Lipinski definition) is 1. The van der Waals surface area contributed by atoms with E-state index in [-0.39, 0.29) is 5.91 Å². The van der Waals surface area contributed by atoms with Crippen LogP contribution in [0.2, 0.25) is 5.15 Å². The number of nitrogens with zero attached hydrogens (tertiary/aromatic N) is 2. The number of hydrogen-bond acceptors (Lipinski definition) is 2. The Morgan fingerprint density at radius 3 is 2.68 bits per heavy atom. The van der Waals surface area contributed by atoms with Crippen LogP contribution in [0.4, 0.5) is 0 Å². The van der Waals surface area contributed by atoms with Crippen molar-refractivity contribution in [3.8, 4) is 0 Å². The van der Waals surface area contributed by atoms with Crippen molar-refractivity contribution in [3.05, 3.63) is 34.5 Å². The molecule has 0 aliphatic heterocycles.